The largest absolute Gasteiger partial charge is 0.493 e. The third-order valence-corrected chi connectivity index (χ3v) is 4.92. The topological polar surface area (TPSA) is 56.3 Å². The fourth-order valence-corrected chi connectivity index (χ4v) is 3.52. The lowest BCUT2D eigenvalue weighted by Gasteiger charge is -2.12. The molecule has 0 unspecified atom stereocenters. The summed E-state index contributed by atoms with van der Waals surface area (Å²) in [6.45, 7) is 0.690. The number of benzene rings is 2. The van der Waals surface area contributed by atoms with Gasteiger partial charge in [0.25, 0.3) is 0 Å². The Hall–Kier alpha value is -2.87. The van der Waals surface area contributed by atoms with E-state index in [2.05, 4.69) is 15.3 Å². The molecule has 3 aromatic rings. The Morgan fingerprint density at radius 2 is 1.93 bits per heavy atom. The molecule has 29 heavy (non-hydrogen) atoms. The summed E-state index contributed by atoms with van der Waals surface area (Å²) < 4.78 is 39.9. The van der Waals surface area contributed by atoms with E-state index in [4.69, 9.17) is 9.47 Å². The first kappa shape index (κ1) is 19.4. The lowest BCUT2D eigenvalue weighted by atomic mass is 10.1. The van der Waals surface area contributed by atoms with Gasteiger partial charge in [0, 0.05) is 29.5 Å². The van der Waals surface area contributed by atoms with Crippen LogP contribution in [0.5, 0.6) is 11.5 Å². The smallest absolute Gasteiger partial charge is 0.227 e. The number of halogens is 2. The zero-order valence-electron chi connectivity index (χ0n) is 15.7. The second kappa shape index (κ2) is 8.65. The number of hydrogen-bond acceptors (Lipinski definition) is 6. The highest BCUT2D eigenvalue weighted by molar-refractivity contribution is 7.97. The third kappa shape index (κ3) is 4.59. The molecule has 0 aliphatic carbocycles. The van der Waals surface area contributed by atoms with Crippen molar-refractivity contribution in [2.24, 2.45) is 0 Å². The Morgan fingerprint density at radius 3 is 2.79 bits per heavy atom. The Morgan fingerprint density at radius 1 is 1.07 bits per heavy atom. The highest BCUT2D eigenvalue weighted by Crippen LogP contribution is 2.30. The van der Waals surface area contributed by atoms with E-state index >= 15 is 0 Å². The fourth-order valence-electron chi connectivity index (χ4n) is 3.02. The van der Waals surface area contributed by atoms with Gasteiger partial charge in [-0.15, -0.1) is 0 Å². The lowest BCUT2D eigenvalue weighted by Crippen LogP contribution is -2.06. The second-order valence-corrected chi connectivity index (χ2v) is 7.38. The van der Waals surface area contributed by atoms with Crippen molar-refractivity contribution < 1.29 is 18.3 Å². The minimum absolute atomic E-state index is 0.0488. The molecule has 8 heteroatoms. The third-order valence-electron chi connectivity index (χ3n) is 4.30. The van der Waals surface area contributed by atoms with Gasteiger partial charge in [-0.2, -0.15) is 11.8 Å². The zero-order chi connectivity index (χ0) is 20.2. The number of aromatic nitrogens is 2. The standard InChI is InChI=1S/C21H19F2N3O2S/c1-29-12-13-7-15-10-16(8-13)27-5-2-6-28-19-9-14(3-4-17(19)22)20-18(23)11-24-21(25-15)26-20/h3-4,7-11H,2,5-6,12H2,1H3,(H,24,25,26). The highest BCUT2D eigenvalue weighted by atomic mass is 32.2. The Balaban J connectivity index is 1.78. The second-order valence-electron chi connectivity index (χ2n) is 6.51. The Kier molecular flexibility index (Phi) is 5.80. The van der Waals surface area contributed by atoms with Crippen LogP contribution in [0.1, 0.15) is 12.0 Å². The van der Waals surface area contributed by atoms with Gasteiger partial charge in [0.1, 0.15) is 11.4 Å². The molecule has 0 radical (unpaired) electrons. The van der Waals surface area contributed by atoms with Crippen LogP contribution in [0.2, 0.25) is 0 Å². The van der Waals surface area contributed by atoms with Crippen molar-refractivity contribution in [2.45, 2.75) is 12.2 Å². The number of nitrogens with zero attached hydrogens (tertiary/aromatic N) is 2. The summed E-state index contributed by atoms with van der Waals surface area (Å²) in [6.07, 6.45) is 3.69. The molecular weight excluding hydrogens is 396 g/mol. The van der Waals surface area contributed by atoms with Gasteiger partial charge in [0.2, 0.25) is 5.95 Å². The Labute approximate surface area is 171 Å². The molecule has 0 spiro atoms. The normalized spacial score (nSPS) is 13.3. The number of anilines is 2. The van der Waals surface area contributed by atoms with Gasteiger partial charge in [-0.1, -0.05) is 0 Å². The van der Waals surface area contributed by atoms with Gasteiger partial charge in [0.15, 0.2) is 17.4 Å². The summed E-state index contributed by atoms with van der Waals surface area (Å²) in [5.41, 5.74) is 2.30. The molecule has 0 saturated carbocycles. The highest BCUT2D eigenvalue weighted by Gasteiger charge is 2.14. The zero-order valence-corrected chi connectivity index (χ0v) is 16.6. The average molecular weight is 415 g/mol. The van der Waals surface area contributed by atoms with E-state index in [0.717, 1.165) is 23.2 Å². The molecule has 5 nitrogen and oxygen atoms in total. The molecule has 1 aliphatic heterocycles. The number of hydrogen-bond donors (Lipinski definition) is 1. The first-order valence-electron chi connectivity index (χ1n) is 9.10. The average Bonchev–Trinajstić information content (AvgIpc) is 2.70. The van der Waals surface area contributed by atoms with Crippen LogP contribution in [0.4, 0.5) is 20.4 Å². The quantitative estimate of drug-likeness (QED) is 0.622. The molecule has 4 rings (SSSR count). The van der Waals surface area contributed by atoms with E-state index in [1.807, 2.05) is 24.5 Å². The van der Waals surface area contributed by atoms with Gasteiger partial charge < -0.3 is 14.8 Å². The molecule has 0 fully saturated rings. The van der Waals surface area contributed by atoms with Crippen molar-refractivity contribution in [1.82, 2.24) is 9.97 Å². The van der Waals surface area contributed by atoms with Gasteiger partial charge in [-0.25, -0.2) is 18.7 Å². The SMILES string of the molecule is CSCc1cc2cc(c1)OCCCOc1cc(ccc1F)-c1nc(ncc1F)N2. The molecule has 2 aromatic carbocycles. The van der Waals surface area contributed by atoms with Crippen molar-refractivity contribution >= 4 is 23.4 Å². The number of ether oxygens (including phenoxy) is 2. The maximum absolute atomic E-state index is 14.4. The predicted molar refractivity (Wildman–Crippen MR) is 110 cm³/mol. The predicted octanol–water partition coefficient (Wildman–Crippen LogP) is 5.19. The molecule has 0 saturated heterocycles. The van der Waals surface area contributed by atoms with Crippen molar-refractivity contribution in [3.05, 3.63) is 59.8 Å². The van der Waals surface area contributed by atoms with Crippen LogP contribution in [-0.4, -0.2) is 29.4 Å². The van der Waals surface area contributed by atoms with E-state index in [9.17, 15) is 8.78 Å². The van der Waals surface area contributed by atoms with Gasteiger partial charge in [-0.05, 0) is 42.2 Å². The van der Waals surface area contributed by atoms with Crippen molar-refractivity contribution in [3.8, 4) is 22.8 Å². The molecule has 0 atom stereocenters. The van der Waals surface area contributed by atoms with Crippen molar-refractivity contribution in [3.63, 3.8) is 0 Å². The number of nitrogens with one attached hydrogen (secondary N) is 1. The van der Waals surface area contributed by atoms with Crippen LogP contribution in [0.3, 0.4) is 0 Å². The first-order chi connectivity index (χ1) is 14.1. The van der Waals surface area contributed by atoms with Gasteiger partial charge >= 0.3 is 0 Å². The minimum Gasteiger partial charge on any atom is -0.493 e. The molecule has 1 aromatic heterocycles. The summed E-state index contributed by atoms with van der Waals surface area (Å²) in [6, 6.07) is 9.95. The molecular formula is C21H19F2N3O2S. The molecule has 1 N–H and O–H groups in total. The van der Waals surface area contributed by atoms with Crippen LogP contribution in [0.25, 0.3) is 11.3 Å². The monoisotopic (exact) mass is 415 g/mol. The van der Waals surface area contributed by atoms with Crippen molar-refractivity contribution in [2.75, 3.05) is 24.8 Å². The first-order valence-corrected chi connectivity index (χ1v) is 10.5. The van der Waals surface area contributed by atoms with Crippen molar-refractivity contribution in [1.29, 1.82) is 0 Å². The van der Waals surface area contributed by atoms with Crippen LogP contribution in [-0.2, 0) is 5.75 Å². The minimum atomic E-state index is -0.599. The van der Waals surface area contributed by atoms with E-state index in [1.165, 1.54) is 18.2 Å². The summed E-state index contributed by atoms with van der Waals surface area (Å²) >= 11 is 1.70. The van der Waals surface area contributed by atoms with Gasteiger partial charge in [-0.3, -0.25) is 0 Å². The Bertz CT molecular complexity index is 1030. The summed E-state index contributed by atoms with van der Waals surface area (Å²) in [5, 5.41) is 3.12. The molecule has 6 bridgehead atoms. The van der Waals surface area contributed by atoms with E-state index in [-0.39, 0.29) is 24.0 Å². The number of thioether (sulfide) groups is 1. The molecule has 0 amide bonds. The summed E-state index contributed by atoms with van der Waals surface area (Å²) in [4.78, 5) is 8.33. The molecule has 1 aliphatic rings. The van der Waals surface area contributed by atoms with Crippen LogP contribution >= 0.6 is 11.8 Å². The lowest BCUT2D eigenvalue weighted by molar-refractivity contribution is 0.241. The maximum Gasteiger partial charge on any atom is 0.227 e. The van der Waals surface area contributed by atoms with E-state index < -0.39 is 11.6 Å². The fraction of sp³-hybridized carbons (Fsp3) is 0.238. The van der Waals surface area contributed by atoms with Crippen LogP contribution in [0, 0.1) is 11.6 Å². The van der Waals surface area contributed by atoms with E-state index in [1.54, 1.807) is 11.8 Å². The van der Waals surface area contributed by atoms with Crippen LogP contribution in [0.15, 0.2) is 42.6 Å². The molecule has 150 valence electrons. The number of rotatable bonds is 2. The summed E-state index contributed by atoms with van der Waals surface area (Å²) in [7, 11) is 0. The molecule has 2 heterocycles. The van der Waals surface area contributed by atoms with Crippen LogP contribution < -0.4 is 14.8 Å². The van der Waals surface area contributed by atoms with Gasteiger partial charge in [0.05, 0.1) is 19.4 Å². The number of fused-ring (bicyclic) bond motifs is 7. The summed E-state index contributed by atoms with van der Waals surface area (Å²) in [5.74, 6) is 0.680. The van der Waals surface area contributed by atoms with E-state index in [0.29, 0.717) is 24.3 Å². The maximum atomic E-state index is 14.4.